The van der Waals surface area contributed by atoms with Crippen molar-refractivity contribution < 1.29 is 4.74 Å². The Hall–Kier alpha value is -3.05. The number of pyridine rings is 1. The molecule has 0 radical (unpaired) electrons. The third-order valence-corrected chi connectivity index (χ3v) is 7.33. The lowest BCUT2D eigenvalue weighted by Crippen LogP contribution is -2.33. The van der Waals surface area contributed by atoms with Crippen molar-refractivity contribution in [3.05, 3.63) is 81.4 Å². The molecular weight excluding hydrogens is 466 g/mol. The monoisotopic (exact) mass is 489 g/mol. The Morgan fingerprint density at radius 2 is 1.91 bits per heavy atom. The summed E-state index contributed by atoms with van der Waals surface area (Å²) in [5.41, 5.74) is 5.91. The van der Waals surface area contributed by atoms with Crippen LogP contribution in [-0.2, 0) is 23.5 Å². The molecule has 0 saturated heterocycles. The van der Waals surface area contributed by atoms with E-state index in [0.29, 0.717) is 46.0 Å². The number of nitrogens with zero attached hydrogens (tertiary/aromatic N) is 4. The van der Waals surface area contributed by atoms with Crippen LogP contribution in [-0.4, -0.2) is 20.2 Å². The van der Waals surface area contributed by atoms with Crippen LogP contribution in [0.15, 0.2) is 53.7 Å². The first-order valence-electron chi connectivity index (χ1n) is 11.0. The van der Waals surface area contributed by atoms with Crippen molar-refractivity contribution in [1.82, 2.24) is 14.6 Å². The van der Waals surface area contributed by atoms with Gasteiger partial charge in [0.1, 0.15) is 11.9 Å². The summed E-state index contributed by atoms with van der Waals surface area (Å²) in [5.74, 6) is 1.30. The van der Waals surface area contributed by atoms with E-state index in [-0.39, 0.29) is 5.60 Å². The fourth-order valence-electron chi connectivity index (χ4n) is 4.16. The molecule has 0 fully saturated rings. The van der Waals surface area contributed by atoms with Gasteiger partial charge in [-0.2, -0.15) is 5.26 Å². The zero-order chi connectivity index (χ0) is 23.9. The highest BCUT2D eigenvalue weighted by Gasteiger charge is 2.33. The fourth-order valence-corrected chi connectivity index (χ4v) is 5.39. The molecule has 0 amide bonds. The smallest absolute Gasteiger partial charge is 0.197 e. The van der Waals surface area contributed by atoms with Crippen LogP contribution in [0.25, 0.3) is 5.65 Å². The molecule has 0 spiro atoms. The summed E-state index contributed by atoms with van der Waals surface area (Å²) in [6, 6.07) is 18.3. The molecule has 0 bridgehead atoms. The minimum atomic E-state index is -0.361. The molecule has 0 aliphatic carbocycles. The van der Waals surface area contributed by atoms with Crippen LogP contribution in [0.4, 0.5) is 11.5 Å². The van der Waals surface area contributed by atoms with E-state index in [2.05, 4.69) is 21.6 Å². The van der Waals surface area contributed by atoms with Gasteiger partial charge in [-0.3, -0.25) is 4.40 Å². The number of nitriles is 1. The van der Waals surface area contributed by atoms with E-state index in [1.165, 1.54) is 17.3 Å². The Balaban J connectivity index is 1.66. The molecule has 1 N–H and O–H groups in total. The number of halogens is 1. The van der Waals surface area contributed by atoms with Crippen molar-refractivity contribution >= 4 is 40.5 Å². The van der Waals surface area contributed by atoms with Gasteiger partial charge in [0.25, 0.3) is 0 Å². The maximum Gasteiger partial charge on any atom is 0.197 e. The second-order valence-electron chi connectivity index (χ2n) is 9.03. The average molecular weight is 490 g/mol. The van der Waals surface area contributed by atoms with E-state index in [4.69, 9.17) is 16.3 Å². The highest BCUT2D eigenvalue weighted by atomic mass is 35.5. The van der Waals surface area contributed by atoms with Crippen LogP contribution in [0, 0.1) is 18.3 Å². The largest absolute Gasteiger partial charge is 0.370 e. The number of thioether (sulfide) groups is 1. The Labute approximate surface area is 207 Å². The Kier molecular flexibility index (Phi) is 5.98. The molecule has 2 aromatic heterocycles. The zero-order valence-corrected chi connectivity index (χ0v) is 20.8. The standard InChI is InChI=1S/C26H24ClN5OS/c1-16-8-10-18(11-9-16)29-23-20(13-28)19-12-26(2,3)33-14-21(19)24-30-31-25(32(23)24)34-15-17-6-4-5-7-22(17)27/h4-11,29H,12,14-15H2,1-3H3. The minimum Gasteiger partial charge on any atom is -0.370 e. The third kappa shape index (κ3) is 4.25. The normalized spacial score (nSPS) is 14.6. The number of aryl methyl sites for hydroxylation is 1. The van der Waals surface area contributed by atoms with Gasteiger partial charge in [0.15, 0.2) is 10.8 Å². The summed E-state index contributed by atoms with van der Waals surface area (Å²) in [6.45, 7) is 6.53. The fraction of sp³-hybridized carbons (Fsp3) is 0.269. The number of aromatic nitrogens is 3. The molecule has 0 atom stereocenters. The number of nitrogens with one attached hydrogen (secondary N) is 1. The van der Waals surface area contributed by atoms with E-state index < -0.39 is 0 Å². The average Bonchev–Trinajstić information content (AvgIpc) is 3.23. The summed E-state index contributed by atoms with van der Waals surface area (Å²) in [6.07, 6.45) is 0.624. The lowest BCUT2D eigenvalue weighted by Gasteiger charge is -2.33. The molecular formula is C26H24ClN5OS. The molecule has 0 saturated carbocycles. The quantitative estimate of drug-likeness (QED) is 0.325. The predicted octanol–water partition coefficient (Wildman–Crippen LogP) is 6.45. The summed E-state index contributed by atoms with van der Waals surface area (Å²) in [7, 11) is 0. The molecule has 4 aromatic rings. The van der Waals surface area contributed by atoms with Crippen LogP contribution in [0.3, 0.4) is 0 Å². The van der Waals surface area contributed by atoms with E-state index in [0.717, 1.165) is 22.4 Å². The number of fused-ring (bicyclic) bond motifs is 3. The Morgan fingerprint density at radius 3 is 2.65 bits per heavy atom. The lowest BCUT2D eigenvalue weighted by atomic mass is 9.89. The van der Waals surface area contributed by atoms with Crippen molar-refractivity contribution in [2.45, 2.75) is 50.3 Å². The number of hydrogen-bond acceptors (Lipinski definition) is 6. The molecule has 5 rings (SSSR count). The summed E-state index contributed by atoms with van der Waals surface area (Å²) in [5, 5.41) is 24.2. The Morgan fingerprint density at radius 1 is 1.15 bits per heavy atom. The van der Waals surface area contributed by atoms with Gasteiger partial charge in [-0.25, -0.2) is 0 Å². The first kappa shape index (κ1) is 22.7. The van der Waals surface area contributed by atoms with Crippen molar-refractivity contribution in [2.24, 2.45) is 0 Å². The van der Waals surface area contributed by atoms with E-state index >= 15 is 0 Å². The summed E-state index contributed by atoms with van der Waals surface area (Å²) in [4.78, 5) is 0. The minimum absolute atomic E-state index is 0.361. The van der Waals surface area contributed by atoms with Crippen molar-refractivity contribution in [3.63, 3.8) is 0 Å². The molecule has 172 valence electrons. The number of hydrogen-bond donors (Lipinski definition) is 1. The van der Waals surface area contributed by atoms with Crippen LogP contribution >= 0.6 is 23.4 Å². The molecule has 1 aliphatic rings. The third-order valence-electron chi connectivity index (χ3n) is 5.98. The summed E-state index contributed by atoms with van der Waals surface area (Å²) < 4.78 is 8.03. The molecule has 0 unspecified atom stereocenters. The lowest BCUT2D eigenvalue weighted by molar-refractivity contribution is -0.0397. The molecule has 2 aromatic carbocycles. The summed E-state index contributed by atoms with van der Waals surface area (Å²) >= 11 is 7.91. The maximum absolute atomic E-state index is 10.3. The highest BCUT2D eigenvalue weighted by molar-refractivity contribution is 7.98. The Bertz CT molecular complexity index is 1420. The van der Waals surface area contributed by atoms with Crippen molar-refractivity contribution in [2.75, 3.05) is 5.32 Å². The number of rotatable bonds is 5. The zero-order valence-electron chi connectivity index (χ0n) is 19.2. The SMILES string of the molecule is Cc1ccc(Nc2c(C#N)c3c(c4nnc(SCc5ccccc5Cl)n24)COC(C)(C)C3)cc1. The van der Waals surface area contributed by atoms with E-state index in [1.54, 1.807) is 0 Å². The first-order chi connectivity index (χ1) is 16.4. The first-order valence-corrected chi connectivity index (χ1v) is 12.4. The maximum atomic E-state index is 10.3. The van der Waals surface area contributed by atoms with Gasteiger partial charge >= 0.3 is 0 Å². The van der Waals surface area contributed by atoms with Crippen molar-refractivity contribution in [3.8, 4) is 6.07 Å². The van der Waals surface area contributed by atoms with E-state index in [9.17, 15) is 5.26 Å². The van der Waals surface area contributed by atoms with E-state index in [1.807, 2.05) is 73.7 Å². The van der Waals surface area contributed by atoms with Crippen LogP contribution < -0.4 is 5.32 Å². The van der Waals surface area contributed by atoms with Gasteiger partial charge < -0.3 is 10.1 Å². The van der Waals surface area contributed by atoms with Gasteiger partial charge in [0.2, 0.25) is 0 Å². The number of ether oxygens (including phenoxy) is 1. The van der Waals surface area contributed by atoms with Gasteiger partial charge in [0, 0.05) is 28.4 Å². The predicted molar refractivity (Wildman–Crippen MR) is 136 cm³/mol. The van der Waals surface area contributed by atoms with Crippen LogP contribution in [0.2, 0.25) is 5.02 Å². The topological polar surface area (TPSA) is 75.2 Å². The van der Waals surface area contributed by atoms with Gasteiger partial charge in [-0.1, -0.05) is 59.3 Å². The van der Waals surface area contributed by atoms with Crippen molar-refractivity contribution in [1.29, 1.82) is 5.26 Å². The second kappa shape index (κ2) is 8.95. The molecule has 3 heterocycles. The molecule has 6 nitrogen and oxygen atoms in total. The van der Waals surface area contributed by atoms with Gasteiger partial charge in [0.05, 0.1) is 17.8 Å². The molecule has 8 heteroatoms. The van der Waals surface area contributed by atoms with Gasteiger partial charge in [-0.15, -0.1) is 10.2 Å². The molecule has 34 heavy (non-hydrogen) atoms. The van der Waals surface area contributed by atoms with Crippen LogP contribution in [0.5, 0.6) is 0 Å². The molecule has 1 aliphatic heterocycles. The second-order valence-corrected chi connectivity index (χ2v) is 10.4. The van der Waals surface area contributed by atoms with Gasteiger partial charge in [-0.05, 0) is 50.1 Å². The number of anilines is 2. The number of benzene rings is 2. The van der Waals surface area contributed by atoms with Crippen LogP contribution in [0.1, 0.15) is 41.7 Å². The highest BCUT2D eigenvalue weighted by Crippen LogP contribution is 2.39.